The summed E-state index contributed by atoms with van der Waals surface area (Å²) < 4.78 is 10.9. The zero-order valence-corrected chi connectivity index (χ0v) is 9.08. The fourth-order valence-electron chi connectivity index (χ4n) is 1.69. The first kappa shape index (κ1) is 12.0. The maximum Gasteiger partial charge on any atom is 0.0704 e. The number of ether oxygens (including phenoxy) is 2. The molecule has 1 rings (SSSR count). The van der Waals surface area contributed by atoms with Gasteiger partial charge >= 0.3 is 0 Å². The van der Waals surface area contributed by atoms with Gasteiger partial charge in [-0.25, -0.2) is 0 Å². The molecule has 1 N–H and O–H groups in total. The molecule has 0 aliphatic heterocycles. The molecule has 1 fully saturated rings. The highest BCUT2D eigenvalue weighted by molar-refractivity contribution is 4.74. The molecule has 0 aromatic carbocycles. The second-order valence-electron chi connectivity index (χ2n) is 3.93. The highest BCUT2D eigenvalue weighted by Crippen LogP contribution is 2.21. The highest BCUT2D eigenvalue weighted by Gasteiger charge is 2.22. The van der Waals surface area contributed by atoms with Crippen LogP contribution in [0.4, 0.5) is 0 Å². The SMILES string of the molecule is CCCCOCCOC1CCC(O)C1. The van der Waals surface area contributed by atoms with Gasteiger partial charge in [-0.3, -0.25) is 0 Å². The van der Waals surface area contributed by atoms with Gasteiger partial charge in [0.15, 0.2) is 0 Å². The molecule has 0 bridgehead atoms. The first-order chi connectivity index (χ1) is 6.83. The molecule has 0 amide bonds. The molecule has 1 saturated carbocycles. The molecule has 1 aliphatic carbocycles. The molecule has 2 unspecified atom stereocenters. The fourth-order valence-corrected chi connectivity index (χ4v) is 1.69. The third kappa shape index (κ3) is 4.94. The summed E-state index contributed by atoms with van der Waals surface area (Å²) in [5.74, 6) is 0. The Morgan fingerprint density at radius 1 is 1.21 bits per heavy atom. The van der Waals surface area contributed by atoms with Crippen LogP contribution in [-0.2, 0) is 9.47 Å². The smallest absolute Gasteiger partial charge is 0.0704 e. The number of hydrogen-bond donors (Lipinski definition) is 1. The highest BCUT2D eigenvalue weighted by atomic mass is 16.5. The van der Waals surface area contributed by atoms with Crippen LogP contribution in [0.1, 0.15) is 39.0 Å². The lowest BCUT2D eigenvalue weighted by atomic mass is 10.3. The Labute approximate surface area is 86.4 Å². The van der Waals surface area contributed by atoms with Crippen molar-refractivity contribution in [3.05, 3.63) is 0 Å². The third-order valence-electron chi connectivity index (χ3n) is 2.58. The summed E-state index contributed by atoms with van der Waals surface area (Å²) in [6.07, 6.45) is 5.12. The molecule has 2 atom stereocenters. The first-order valence-corrected chi connectivity index (χ1v) is 5.70. The maximum atomic E-state index is 9.26. The number of aliphatic hydroxyl groups excluding tert-OH is 1. The molecule has 0 spiro atoms. The molecule has 3 heteroatoms. The van der Waals surface area contributed by atoms with Crippen molar-refractivity contribution < 1.29 is 14.6 Å². The molecule has 0 saturated heterocycles. The predicted molar refractivity (Wildman–Crippen MR) is 55.3 cm³/mol. The van der Waals surface area contributed by atoms with Crippen LogP contribution in [0.25, 0.3) is 0 Å². The minimum absolute atomic E-state index is 0.138. The molecule has 1 aliphatic rings. The van der Waals surface area contributed by atoms with Gasteiger partial charge in [0.05, 0.1) is 25.4 Å². The lowest BCUT2D eigenvalue weighted by Gasteiger charge is -2.11. The molecule has 0 aromatic rings. The Morgan fingerprint density at radius 3 is 2.71 bits per heavy atom. The van der Waals surface area contributed by atoms with Gasteiger partial charge in [-0.05, 0) is 25.7 Å². The standard InChI is InChI=1S/C11H22O3/c1-2-3-6-13-7-8-14-11-5-4-10(12)9-11/h10-12H,2-9H2,1H3. The maximum absolute atomic E-state index is 9.26. The van der Waals surface area contributed by atoms with Crippen LogP contribution in [0.15, 0.2) is 0 Å². The predicted octanol–water partition coefficient (Wildman–Crippen LogP) is 1.73. The molecule has 14 heavy (non-hydrogen) atoms. The van der Waals surface area contributed by atoms with E-state index >= 15 is 0 Å². The van der Waals surface area contributed by atoms with Gasteiger partial charge in [-0.1, -0.05) is 13.3 Å². The lowest BCUT2D eigenvalue weighted by Crippen LogP contribution is -2.14. The minimum atomic E-state index is -0.138. The lowest BCUT2D eigenvalue weighted by molar-refractivity contribution is 0.00238. The van der Waals surface area contributed by atoms with Crippen LogP contribution < -0.4 is 0 Å². The van der Waals surface area contributed by atoms with Gasteiger partial charge in [-0.15, -0.1) is 0 Å². The number of unbranched alkanes of at least 4 members (excludes halogenated alkanes) is 1. The second-order valence-corrected chi connectivity index (χ2v) is 3.93. The monoisotopic (exact) mass is 202 g/mol. The summed E-state index contributed by atoms with van der Waals surface area (Å²) in [5.41, 5.74) is 0. The molecule has 0 aromatic heterocycles. The van der Waals surface area contributed by atoms with E-state index in [-0.39, 0.29) is 12.2 Å². The van der Waals surface area contributed by atoms with E-state index in [1.165, 1.54) is 6.42 Å². The molecular weight excluding hydrogens is 180 g/mol. The average molecular weight is 202 g/mol. The van der Waals surface area contributed by atoms with Crippen LogP contribution in [0.2, 0.25) is 0 Å². The fraction of sp³-hybridized carbons (Fsp3) is 1.00. The van der Waals surface area contributed by atoms with Gasteiger partial charge in [0.2, 0.25) is 0 Å². The van der Waals surface area contributed by atoms with Crippen molar-refractivity contribution in [3.8, 4) is 0 Å². The molecule has 3 nitrogen and oxygen atoms in total. The molecule has 0 radical (unpaired) electrons. The second kappa shape index (κ2) is 7.21. The third-order valence-corrected chi connectivity index (χ3v) is 2.58. The molecule has 0 heterocycles. The van der Waals surface area contributed by atoms with Crippen LogP contribution in [0.3, 0.4) is 0 Å². The summed E-state index contributed by atoms with van der Waals surface area (Å²) in [6, 6.07) is 0. The van der Waals surface area contributed by atoms with Crippen LogP contribution >= 0.6 is 0 Å². The van der Waals surface area contributed by atoms with Crippen molar-refractivity contribution in [2.75, 3.05) is 19.8 Å². The van der Waals surface area contributed by atoms with Gasteiger partial charge < -0.3 is 14.6 Å². The Balaban J connectivity index is 1.84. The quantitative estimate of drug-likeness (QED) is 0.639. The summed E-state index contributed by atoms with van der Waals surface area (Å²) in [7, 11) is 0. The first-order valence-electron chi connectivity index (χ1n) is 5.70. The Morgan fingerprint density at radius 2 is 2.07 bits per heavy atom. The van der Waals surface area contributed by atoms with Crippen molar-refractivity contribution >= 4 is 0 Å². The number of hydrogen-bond acceptors (Lipinski definition) is 3. The minimum Gasteiger partial charge on any atom is -0.393 e. The Bertz CT molecular complexity index is 138. The van der Waals surface area contributed by atoms with E-state index in [9.17, 15) is 5.11 Å². The van der Waals surface area contributed by atoms with Crippen molar-refractivity contribution in [2.45, 2.75) is 51.2 Å². The average Bonchev–Trinajstić information content (AvgIpc) is 2.58. The van der Waals surface area contributed by atoms with Gasteiger partial charge in [0.25, 0.3) is 0 Å². The van der Waals surface area contributed by atoms with E-state index in [1.54, 1.807) is 0 Å². The van der Waals surface area contributed by atoms with Crippen molar-refractivity contribution in [1.29, 1.82) is 0 Å². The Hall–Kier alpha value is -0.120. The van der Waals surface area contributed by atoms with E-state index in [0.29, 0.717) is 13.2 Å². The van der Waals surface area contributed by atoms with E-state index in [0.717, 1.165) is 32.3 Å². The van der Waals surface area contributed by atoms with Crippen LogP contribution in [-0.4, -0.2) is 37.1 Å². The van der Waals surface area contributed by atoms with E-state index in [1.807, 2.05) is 0 Å². The number of rotatable bonds is 7. The molecular formula is C11H22O3. The van der Waals surface area contributed by atoms with E-state index in [2.05, 4.69) is 6.92 Å². The van der Waals surface area contributed by atoms with Gasteiger partial charge in [-0.2, -0.15) is 0 Å². The van der Waals surface area contributed by atoms with Crippen molar-refractivity contribution in [3.63, 3.8) is 0 Å². The summed E-state index contributed by atoms with van der Waals surface area (Å²) in [6.45, 7) is 4.35. The van der Waals surface area contributed by atoms with Crippen LogP contribution in [0.5, 0.6) is 0 Å². The number of aliphatic hydroxyl groups is 1. The summed E-state index contributed by atoms with van der Waals surface area (Å²) in [5, 5.41) is 9.26. The topological polar surface area (TPSA) is 38.7 Å². The zero-order chi connectivity index (χ0) is 10.2. The van der Waals surface area contributed by atoms with Crippen LogP contribution in [0, 0.1) is 0 Å². The zero-order valence-electron chi connectivity index (χ0n) is 9.08. The largest absolute Gasteiger partial charge is 0.393 e. The van der Waals surface area contributed by atoms with E-state index in [4.69, 9.17) is 9.47 Å². The summed E-state index contributed by atoms with van der Waals surface area (Å²) in [4.78, 5) is 0. The normalized spacial score (nSPS) is 27.0. The molecule has 84 valence electrons. The van der Waals surface area contributed by atoms with Crippen molar-refractivity contribution in [2.24, 2.45) is 0 Å². The Kier molecular flexibility index (Phi) is 6.15. The van der Waals surface area contributed by atoms with Gasteiger partial charge in [0.1, 0.15) is 0 Å². The van der Waals surface area contributed by atoms with E-state index < -0.39 is 0 Å². The summed E-state index contributed by atoms with van der Waals surface area (Å²) >= 11 is 0. The van der Waals surface area contributed by atoms with Gasteiger partial charge in [0, 0.05) is 6.61 Å². The van der Waals surface area contributed by atoms with Crippen molar-refractivity contribution in [1.82, 2.24) is 0 Å².